The molecule has 0 aliphatic heterocycles. The highest BCUT2D eigenvalue weighted by atomic mass is 32.1. The Morgan fingerprint density at radius 1 is 0.300 bits per heavy atom. The van der Waals surface area contributed by atoms with Crippen molar-refractivity contribution in [3.8, 4) is 55.6 Å². The first-order chi connectivity index (χ1) is 29.8. The minimum absolute atomic E-state index is 1.10. The third-order valence-corrected chi connectivity index (χ3v) is 12.9. The van der Waals surface area contributed by atoms with Crippen LogP contribution in [0.2, 0.25) is 0 Å². The molecule has 0 radical (unpaired) electrons. The molecule has 282 valence electrons. The Labute approximate surface area is 354 Å². The van der Waals surface area contributed by atoms with Gasteiger partial charge in [-0.3, -0.25) is 0 Å². The minimum atomic E-state index is 1.10. The fraction of sp³-hybridized carbons (Fsp3) is 0. The van der Waals surface area contributed by atoms with Crippen LogP contribution in [0.25, 0.3) is 86.6 Å². The van der Waals surface area contributed by atoms with Gasteiger partial charge in [-0.25, -0.2) is 0 Å². The molecule has 0 aliphatic carbocycles. The summed E-state index contributed by atoms with van der Waals surface area (Å²) in [6.45, 7) is 0. The second-order valence-corrected chi connectivity index (χ2v) is 16.3. The summed E-state index contributed by atoms with van der Waals surface area (Å²) in [7, 11) is 0. The lowest BCUT2D eigenvalue weighted by Crippen LogP contribution is -2.12. The SMILES string of the molecule is c1ccc(-c2ccccc2-c2c(-c3ccccc3)cccc2N(c2ccc(-c3ccc(-c4ccc5ccccc5c4)cc3)cc2)c2cccc3c2sc2ccccc23)cc1. The Balaban J connectivity index is 1.10. The van der Waals surface area contributed by atoms with Crippen molar-refractivity contribution in [2.24, 2.45) is 0 Å². The van der Waals surface area contributed by atoms with Crippen LogP contribution in [0.4, 0.5) is 17.1 Å². The topological polar surface area (TPSA) is 3.24 Å². The maximum atomic E-state index is 2.49. The van der Waals surface area contributed by atoms with Crippen molar-refractivity contribution in [1.82, 2.24) is 0 Å². The molecule has 10 aromatic carbocycles. The van der Waals surface area contributed by atoms with Crippen molar-refractivity contribution < 1.29 is 0 Å². The van der Waals surface area contributed by atoms with Crippen LogP contribution in [0.3, 0.4) is 0 Å². The van der Waals surface area contributed by atoms with Crippen LogP contribution in [0, 0.1) is 0 Å². The number of rotatable bonds is 8. The first-order valence-corrected chi connectivity index (χ1v) is 21.3. The van der Waals surface area contributed by atoms with Crippen molar-refractivity contribution in [3.63, 3.8) is 0 Å². The average Bonchev–Trinajstić information content (AvgIpc) is 3.72. The Kier molecular flexibility index (Phi) is 9.11. The lowest BCUT2D eigenvalue weighted by Gasteiger charge is -2.30. The predicted octanol–water partition coefficient (Wildman–Crippen LogP) is 17.0. The third-order valence-electron chi connectivity index (χ3n) is 11.7. The second-order valence-electron chi connectivity index (χ2n) is 15.3. The molecule has 0 aliphatic rings. The summed E-state index contributed by atoms with van der Waals surface area (Å²) in [5.41, 5.74) is 15.3. The Morgan fingerprint density at radius 3 is 1.57 bits per heavy atom. The molecule has 0 N–H and O–H groups in total. The van der Waals surface area contributed by atoms with Gasteiger partial charge >= 0.3 is 0 Å². The van der Waals surface area contributed by atoms with Crippen LogP contribution < -0.4 is 4.90 Å². The molecule has 11 aromatic rings. The zero-order chi connectivity index (χ0) is 39.8. The summed E-state index contributed by atoms with van der Waals surface area (Å²) in [6.07, 6.45) is 0. The number of benzene rings is 10. The summed E-state index contributed by atoms with van der Waals surface area (Å²) < 4.78 is 2.55. The van der Waals surface area contributed by atoms with Gasteiger partial charge < -0.3 is 4.90 Å². The molecule has 0 saturated carbocycles. The van der Waals surface area contributed by atoms with Gasteiger partial charge in [0.1, 0.15) is 0 Å². The predicted molar refractivity (Wildman–Crippen MR) is 259 cm³/mol. The third kappa shape index (κ3) is 6.44. The van der Waals surface area contributed by atoms with Gasteiger partial charge in [0.15, 0.2) is 0 Å². The Bertz CT molecular complexity index is 3290. The molecular formula is C58H39NS. The number of nitrogens with zero attached hydrogens (tertiary/aromatic N) is 1. The van der Waals surface area contributed by atoms with Crippen molar-refractivity contribution in [2.45, 2.75) is 0 Å². The second kappa shape index (κ2) is 15.3. The standard InChI is InChI=1S/C58H39NS/c1-3-16-44(17-4-1)49-21-9-10-23-52(49)57-50(45-18-5-2-6-19-45)24-13-26-54(57)59(55-27-14-25-53-51-22-11-12-28-56(51)60-58(53)55)48-37-35-42(36-38-48)41-29-31-43(32-30-41)47-34-33-40-15-7-8-20-46(40)39-47/h1-39H. The molecule has 11 rings (SSSR count). The Morgan fingerprint density at radius 2 is 0.817 bits per heavy atom. The van der Waals surface area contributed by atoms with E-state index < -0.39 is 0 Å². The summed E-state index contributed by atoms with van der Waals surface area (Å²) in [5, 5.41) is 5.07. The van der Waals surface area contributed by atoms with Gasteiger partial charge in [-0.1, -0.05) is 200 Å². The van der Waals surface area contributed by atoms with E-state index in [1.54, 1.807) is 0 Å². The van der Waals surface area contributed by atoms with Crippen molar-refractivity contribution >= 4 is 59.3 Å². The highest BCUT2D eigenvalue weighted by Gasteiger charge is 2.24. The van der Waals surface area contributed by atoms with E-state index in [-0.39, 0.29) is 0 Å². The summed E-state index contributed by atoms with van der Waals surface area (Å²) >= 11 is 1.87. The Hall–Kier alpha value is -7.52. The van der Waals surface area contributed by atoms with Gasteiger partial charge in [0.2, 0.25) is 0 Å². The summed E-state index contributed by atoms with van der Waals surface area (Å²) in [4.78, 5) is 2.49. The van der Waals surface area contributed by atoms with Crippen LogP contribution in [-0.2, 0) is 0 Å². The lowest BCUT2D eigenvalue weighted by molar-refractivity contribution is 1.30. The van der Waals surface area contributed by atoms with Crippen LogP contribution >= 0.6 is 11.3 Å². The van der Waals surface area contributed by atoms with E-state index in [0.29, 0.717) is 0 Å². The number of hydrogen-bond donors (Lipinski definition) is 0. The van der Waals surface area contributed by atoms with E-state index in [4.69, 9.17) is 0 Å². The van der Waals surface area contributed by atoms with E-state index in [9.17, 15) is 0 Å². The van der Waals surface area contributed by atoms with Gasteiger partial charge in [0.05, 0.1) is 16.1 Å². The van der Waals surface area contributed by atoms with Gasteiger partial charge in [-0.05, 0) is 97.2 Å². The summed E-state index contributed by atoms with van der Waals surface area (Å²) in [6, 6.07) is 86.2. The number of anilines is 3. The van der Waals surface area contributed by atoms with Gasteiger partial charge in [0.25, 0.3) is 0 Å². The van der Waals surface area contributed by atoms with Crippen LogP contribution in [-0.4, -0.2) is 0 Å². The van der Waals surface area contributed by atoms with Gasteiger partial charge in [-0.15, -0.1) is 11.3 Å². The first-order valence-electron chi connectivity index (χ1n) is 20.5. The molecule has 0 amide bonds. The molecular weight excluding hydrogens is 743 g/mol. The molecule has 0 fully saturated rings. The lowest BCUT2D eigenvalue weighted by atomic mass is 9.87. The smallest absolute Gasteiger partial charge is 0.0640 e. The molecule has 0 unspecified atom stereocenters. The monoisotopic (exact) mass is 781 g/mol. The average molecular weight is 782 g/mol. The highest BCUT2D eigenvalue weighted by Crippen LogP contribution is 2.51. The largest absolute Gasteiger partial charge is 0.308 e. The van der Waals surface area contributed by atoms with Crippen LogP contribution in [0.5, 0.6) is 0 Å². The molecule has 60 heavy (non-hydrogen) atoms. The highest BCUT2D eigenvalue weighted by molar-refractivity contribution is 7.26. The fourth-order valence-electron chi connectivity index (χ4n) is 8.78. The van der Waals surface area contributed by atoms with E-state index in [0.717, 1.165) is 17.1 Å². The van der Waals surface area contributed by atoms with Crippen molar-refractivity contribution in [2.75, 3.05) is 4.90 Å². The molecule has 1 nitrogen and oxygen atoms in total. The van der Waals surface area contributed by atoms with E-state index >= 15 is 0 Å². The maximum absolute atomic E-state index is 2.49. The summed E-state index contributed by atoms with van der Waals surface area (Å²) in [5.74, 6) is 0. The molecule has 0 spiro atoms. The van der Waals surface area contributed by atoms with Gasteiger partial charge in [-0.2, -0.15) is 0 Å². The molecule has 0 saturated heterocycles. The zero-order valence-corrected chi connectivity index (χ0v) is 33.7. The van der Waals surface area contributed by atoms with Gasteiger partial charge in [0, 0.05) is 26.7 Å². The first kappa shape index (κ1) is 35.6. The van der Waals surface area contributed by atoms with E-state index in [1.807, 2.05) is 11.3 Å². The number of fused-ring (bicyclic) bond motifs is 4. The number of hydrogen-bond acceptors (Lipinski definition) is 2. The number of thiophene rings is 1. The maximum Gasteiger partial charge on any atom is 0.0640 e. The fourth-order valence-corrected chi connectivity index (χ4v) is 9.99. The van der Waals surface area contributed by atoms with E-state index in [1.165, 1.54) is 86.6 Å². The minimum Gasteiger partial charge on any atom is -0.308 e. The molecule has 2 heteroatoms. The van der Waals surface area contributed by atoms with Crippen molar-refractivity contribution in [3.05, 3.63) is 237 Å². The van der Waals surface area contributed by atoms with Crippen LogP contribution in [0.15, 0.2) is 237 Å². The van der Waals surface area contributed by atoms with Crippen LogP contribution in [0.1, 0.15) is 0 Å². The molecule has 0 bridgehead atoms. The molecule has 0 atom stereocenters. The van der Waals surface area contributed by atoms with Crippen molar-refractivity contribution in [1.29, 1.82) is 0 Å². The quantitative estimate of drug-likeness (QED) is 0.148. The molecule has 1 aromatic heterocycles. The zero-order valence-electron chi connectivity index (χ0n) is 32.9. The molecule has 1 heterocycles. The van der Waals surface area contributed by atoms with E-state index in [2.05, 4.69) is 241 Å². The normalized spacial score (nSPS) is 11.3.